The zero-order chi connectivity index (χ0) is 19.9. The number of thioether (sulfide) groups is 1. The molecule has 2 heterocycles. The molecule has 9 heteroatoms. The fraction of sp³-hybridized carbons (Fsp3) is 0.579. The van der Waals surface area contributed by atoms with Gasteiger partial charge in [-0.15, -0.1) is 0 Å². The van der Waals surface area contributed by atoms with Gasteiger partial charge in [0.2, 0.25) is 5.91 Å². The molecule has 3 fully saturated rings. The van der Waals surface area contributed by atoms with Crippen LogP contribution in [0, 0.1) is 11.7 Å². The monoisotopic (exact) mass is 444 g/mol. The molecule has 5 nitrogen and oxygen atoms in total. The first-order valence-corrected chi connectivity index (χ1v) is 12.6. The van der Waals surface area contributed by atoms with Crippen LogP contribution >= 0.6 is 23.4 Å². The van der Waals surface area contributed by atoms with Gasteiger partial charge in [0.25, 0.3) is 0 Å². The van der Waals surface area contributed by atoms with E-state index in [4.69, 9.17) is 11.6 Å². The lowest BCUT2D eigenvalue weighted by atomic mass is 10.0. The van der Waals surface area contributed by atoms with Crippen molar-refractivity contribution in [3.8, 4) is 0 Å². The van der Waals surface area contributed by atoms with Gasteiger partial charge in [-0.2, -0.15) is 4.99 Å². The molecular weight excluding hydrogens is 423 g/mol. The number of benzene rings is 1. The number of aliphatic imine (C=N–C) groups is 1. The van der Waals surface area contributed by atoms with E-state index >= 15 is 0 Å². The molecule has 2 saturated heterocycles. The van der Waals surface area contributed by atoms with Crippen molar-refractivity contribution in [1.82, 2.24) is 0 Å². The number of anilines is 1. The van der Waals surface area contributed by atoms with Gasteiger partial charge in [0.15, 0.2) is 15.0 Å². The molecule has 1 aromatic carbocycles. The average molecular weight is 445 g/mol. The molecule has 3 aliphatic rings. The van der Waals surface area contributed by atoms with E-state index in [1.165, 1.54) is 49.6 Å². The van der Waals surface area contributed by atoms with Gasteiger partial charge in [0.1, 0.15) is 5.82 Å². The predicted molar refractivity (Wildman–Crippen MR) is 111 cm³/mol. The largest absolute Gasteiger partial charge is 0.315 e. The van der Waals surface area contributed by atoms with E-state index in [9.17, 15) is 17.6 Å². The number of fused-ring (bicyclic) bond motifs is 1. The molecule has 2 aliphatic heterocycles. The summed E-state index contributed by atoms with van der Waals surface area (Å²) in [5.74, 6) is -0.155. The fourth-order valence-corrected chi connectivity index (χ4v) is 8.34. The Labute approximate surface area is 173 Å². The third-order valence-electron chi connectivity index (χ3n) is 5.71. The fourth-order valence-electron chi connectivity index (χ4n) is 4.29. The SMILES string of the molecule is O=C(CCC1CCCC1)N=C1S[C@H]2CS(=O)(=O)C[C@@H]2N1c1ccc(Cl)c(F)c1. The molecule has 0 aromatic heterocycles. The summed E-state index contributed by atoms with van der Waals surface area (Å²) in [6.07, 6.45) is 6.06. The first kappa shape index (κ1) is 20.2. The molecule has 4 rings (SSSR count). The van der Waals surface area contributed by atoms with Gasteiger partial charge in [-0.1, -0.05) is 49.0 Å². The minimum Gasteiger partial charge on any atom is -0.315 e. The van der Waals surface area contributed by atoms with Crippen LogP contribution in [0.15, 0.2) is 23.2 Å². The molecule has 1 aliphatic carbocycles. The highest BCUT2D eigenvalue weighted by molar-refractivity contribution is 8.16. The van der Waals surface area contributed by atoms with E-state index in [-0.39, 0.29) is 33.7 Å². The second kappa shape index (κ2) is 7.95. The van der Waals surface area contributed by atoms with Gasteiger partial charge >= 0.3 is 0 Å². The summed E-state index contributed by atoms with van der Waals surface area (Å²) in [5, 5.41) is 0.255. The number of amidine groups is 1. The summed E-state index contributed by atoms with van der Waals surface area (Å²) in [6, 6.07) is 4.00. The number of hydrogen-bond donors (Lipinski definition) is 0. The van der Waals surface area contributed by atoms with Crippen LogP contribution in [-0.4, -0.2) is 42.3 Å². The second-order valence-corrected chi connectivity index (χ2v) is 11.5. The summed E-state index contributed by atoms with van der Waals surface area (Å²) < 4.78 is 38.2. The van der Waals surface area contributed by atoms with Crippen molar-refractivity contribution in [2.24, 2.45) is 10.9 Å². The number of nitrogens with zero attached hydrogens (tertiary/aromatic N) is 2. The van der Waals surface area contributed by atoms with Crippen LogP contribution in [-0.2, 0) is 14.6 Å². The van der Waals surface area contributed by atoms with Gasteiger partial charge in [-0.25, -0.2) is 12.8 Å². The highest BCUT2D eigenvalue weighted by Crippen LogP contribution is 2.41. The van der Waals surface area contributed by atoms with Crippen LogP contribution in [0.4, 0.5) is 10.1 Å². The zero-order valence-corrected chi connectivity index (χ0v) is 17.7. The Morgan fingerprint density at radius 1 is 1.29 bits per heavy atom. The maximum atomic E-state index is 14.0. The smallest absolute Gasteiger partial charge is 0.248 e. The Balaban J connectivity index is 1.57. The molecular formula is C19H22ClFN2O3S2. The lowest BCUT2D eigenvalue weighted by molar-refractivity contribution is -0.118. The first-order valence-electron chi connectivity index (χ1n) is 9.55. The van der Waals surface area contributed by atoms with Gasteiger partial charge in [0.05, 0.1) is 22.6 Å². The summed E-state index contributed by atoms with van der Waals surface area (Å²) in [5.41, 5.74) is 0.473. The average Bonchev–Trinajstić information content (AvgIpc) is 3.30. The molecule has 1 aromatic rings. The molecule has 0 unspecified atom stereocenters. The minimum absolute atomic E-state index is 0.00248. The molecule has 152 valence electrons. The topological polar surface area (TPSA) is 66.8 Å². The van der Waals surface area contributed by atoms with Crippen molar-refractivity contribution in [1.29, 1.82) is 0 Å². The Hall–Kier alpha value is -1.12. The quantitative estimate of drug-likeness (QED) is 0.700. The number of rotatable bonds is 4. The molecule has 1 amide bonds. The Morgan fingerprint density at radius 3 is 2.75 bits per heavy atom. The van der Waals surface area contributed by atoms with Crippen LogP contribution in [0.25, 0.3) is 0 Å². The lowest BCUT2D eigenvalue weighted by Gasteiger charge is -2.24. The Kier molecular flexibility index (Phi) is 5.73. The van der Waals surface area contributed by atoms with E-state index < -0.39 is 15.7 Å². The van der Waals surface area contributed by atoms with E-state index in [2.05, 4.69) is 4.99 Å². The van der Waals surface area contributed by atoms with Crippen molar-refractivity contribution < 1.29 is 17.6 Å². The van der Waals surface area contributed by atoms with Gasteiger partial charge < -0.3 is 4.90 Å². The summed E-state index contributed by atoms with van der Waals surface area (Å²) >= 11 is 7.09. The number of carbonyl (C=O) groups excluding carboxylic acids is 1. The molecule has 2 atom stereocenters. The van der Waals surface area contributed by atoms with Crippen molar-refractivity contribution in [2.75, 3.05) is 16.4 Å². The maximum Gasteiger partial charge on any atom is 0.248 e. The van der Waals surface area contributed by atoms with E-state index in [1.807, 2.05) is 0 Å². The first-order chi connectivity index (χ1) is 13.3. The Morgan fingerprint density at radius 2 is 2.04 bits per heavy atom. The minimum atomic E-state index is -3.16. The number of halogens is 2. The van der Waals surface area contributed by atoms with Gasteiger partial charge in [0, 0.05) is 17.4 Å². The summed E-state index contributed by atoms with van der Waals surface area (Å²) in [6.45, 7) is 0. The number of sulfone groups is 1. The van der Waals surface area contributed by atoms with Crippen molar-refractivity contribution in [3.05, 3.63) is 29.0 Å². The second-order valence-electron chi connectivity index (χ2n) is 7.75. The maximum absolute atomic E-state index is 14.0. The molecule has 0 bridgehead atoms. The molecule has 28 heavy (non-hydrogen) atoms. The van der Waals surface area contributed by atoms with Crippen molar-refractivity contribution in [3.63, 3.8) is 0 Å². The Bertz CT molecular complexity index is 916. The number of hydrogen-bond acceptors (Lipinski definition) is 4. The summed E-state index contributed by atoms with van der Waals surface area (Å²) in [4.78, 5) is 18.5. The van der Waals surface area contributed by atoms with Crippen LogP contribution in [0.3, 0.4) is 0 Å². The van der Waals surface area contributed by atoms with Crippen molar-refractivity contribution in [2.45, 2.75) is 49.8 Å². The van der Waals surface area contributed by atoms with Gasteiger partial charge in [-0.3, -0.25) is 4.79 Å². The zero-order valence-electron chi connectivity index (χ0n) is 15.3. The standard InChI is InChI=1S/C19H22ClFN2O3S2/c20-14-7-6-13(9-15(14)21)23-16-10-28(25,26)11-17(16)27-19(23)22-18(24)8-5-12-3-1-2-4-12/h6-7,9,12,16-17H,1-5,8,10-11H2/t16-,17-/m0/s1. The molecule has 0 N–H and O–H groups in total. The van der Waals surface area contributed by atoms with Crippen molar-refractivity contribution >= 4 is 50.0 Å². The molecule has 1 saturated carbocycles. The van der Waals surface area contributed by atoms with E-state index in [0.29, 0.717) is 23.2 Å². The van der Waals surface area contributed by atoms with Gasteiger partial charge in [-0.05, 0) is 30.5 Å². The molecule has 0 radical (unpaired) electrons. The number of amides is 1. The van der Waals surface area contributed by atoms with Crippen LogP contribution in [0.5, 0.6) is 0 Å². The van der Waals surface area contributed by atoms with Crippen LogP contribution in [0.2, 0.25) is 5.02 Å². The molecule has 0 spiro atoms. The predicted octanol–water partition coefficient (Wildman–Crippen LogP) is 4.05. The van der Waals surface area contributed by atoms with E-state index in [0.717, 1.165) is 6.42 Å². The highest BCUT2D eigenvalue weighted by Gasteiger charge is 2.49. The van der Waals surface area contributed by atoms with Crippen LogP contribution < -0.4 is 4.90 Å². The van der Waals surface area contributed by atoms with E-state index in [1.54, 1.807) is 11.0 Å². The lowest BCUT2D eigenvalue weighted by Crippen LogP contribution is -2.37. The highest BCUT2D eigenvalue weighted by atomic mass is 35.5. The third-order valence-corrected chi connectivity index (χ3v) is 9.23. The number of carbonyl (C=O) groups is 1. The summed E-state index contributed by atoms with van der Waals surface area (Å²) in [7, 11) is -3.16. The van der Waals surface area contributed by atoms with Crippen LogP contribution in [0.1, 0.15) is 38.5 Å². The normalized spacial score (nSPS) is 28.2. The third kappa shape index (κ3) is 4.24.